The SMILES string of the molecule is COc1ccc(CN2CC3(Cc4c(C(C)(C)C)nn(-c5ccccc5)c42)C(=O)CCC3=O)cc1. The molecule has 1 aliphatic carbocycles. The van der Waals surface area contributed by atoms with Crippen molar-refractivity contribution in [2.24, 2.45) is 5.41 Å². The first-order valence-corrected chi connectivity index (χ1v) is 11.9. The summed E-state index contributed by atoms with van der Waals surface area (Å²) in [6.07, 6.45) is 1.10. The lowest BCUT2D eigenvalue weighted by Gasteiger charge is -2.40. The van der Waals surface area contributed by atoms with Crippen molar-refractivity contribution in [3.8, 4) is 11.4 Å². The number of rotatable bonds is 4. The minimum atomic E-state index is -0.982. The second-order valence-electron chi connectivity index (χ2n) is 10.5. The predicted molar refractivity (Wildman–Crippen MR) is 132 cm³/mol. The fraction of sp³-hybridized carbons (Fsp3) is 0.393. The zero-order chi connectivity index (χ0) is 24.1. The summed E-state index contributed by atoms with van der Waals surface area (Å²) in [5.41, 5.74) is 2.79. The van der Waals surface area contributed by atoms with Gasteiger partial charge in [0.2, 0.25) is 0 Å². The Kier molecular flexibility index (Phi) is 5.34. The molecule has 1 saturated carbocycles. The van der Waals surface area contributed by atoms with Gasteiger partial charge in [0.25, 0.3) is 0 Å². The fourth-order valence-electron chi connectivity index (χ4n) is 5.36. The molecule has 1 aliphatic heterocycles. The van der Waals surface area contributed by atoms with Crippen LogP contribution < -0.4 is 9.64 Å². The first kappa shape index (κ1) is 22.4. The van der Waals surface area contributed by atoms with Crippen LogP contribution in [0.25, 0.3) is 5.69 Å². The highest BCUT2D eigenvalue weighted by molar-refractivity contribution is 6.14. The summed E-state index contributed by atoms with van der Waals surface area (Å²) in [5.74, 6) is 1.90. The van der Waals surface area contributed by atoms with Crippen LogP contribution in [0.15, 0.2) is 54.6 Å². The molecular formula is C28H31N3O3. The third-order valence-electron chi connectivity index (χ3n) is 7.09. The number of aromatic nitrogens is 2. The minimum absolute atomic E-state index is 0.0650. The normalized spacial score (nSPS) is 17.4. The molecule has 1 spiro atoms. The molecule has 1 aromatic heterocycles. The number of hydrogen-bond donors (Lipinski definition) is 0. The fourth-order valence-corrected chi connectivity index (χ4v) is 5.36. The Bertz CT molecular complexity index is 1220. The van der Waals surface area contributed by atoms with Crippen molar-refractivity contribution in [3.05, 3.63) is 71.4 Å². The highest BCUT2D eigenvalue weighted by Crippen LogP contribution is 2.47. The van der Waals surface area contributed by atoms with Crippen LogP contribution in [-0.4, -0.2) is 35.0 Å². The largest absolute Gasteiger partial charge is 0.497 e. The van der Waals surface area contributed by atoms with Gasteiger partial charge in [-0.25, -0.2) is 4.68 Å². The van der Waals surface area contributed by atoms with Crippen molar-refractivity contribution >= 4 is 17.4 Å². The highest BCUT2D eigenvalue weighted by atomic mass is 16.5. The van der Waals surface area contributed by atoms with Gasteiger partial charge in [0.1, 0.15) is 28.5 Å². The number of carbonyl (C=O) groups is 2. The number of para-hydroxylation sites is 1. The second kappa shape index (κ2) is 8.12. The summed E-state index contributed by atoms with van der Waals surface area (Å²) in [5, 5.41) is 5.09. The Labute approximate surface area is 200 Å². The van der Waals surface area contributed by atoms with Crippen LogP contribution in [0.5, 0.6) is 5.75 Å². The van der Waals surface area contributed by atoms with Crippen molar-refractivity contribution < 1.29 is 14.3 Å². The number of nitrogens with zero attached hydrogens (tertiary/aromatic N) is 3. The predicted octanol–water partition coefficient (Wildman–Crippen LogP) is 4.66. The number of Topliss-reactive ketones (excluding diaryl/α,β-unsaturated/α-hetero) is 2. The van der Waals surface area contributed by atoms with Gasteiger partial charge in [-0.3, -0.25) is 9.59 Å². The molecule has 0 atom stereocenters. The molecule has 0 radical (unpaired) electrons. The summed E-state index contributed by atoms with van der Waals surface area (Å²) >= 11 is 0. The van der Waals surface area contributed by atoms with E-state index in [4.69, 9.17) is 9.84 Å². The van der Waals surface area contributed by atoms with Crippen LogP contribution in [0, 0.1) is 5.41 Å². The number of benzene rings is 2. The van der Waals surface area contributed by atoms with Crippen LogP contribution in [0.2, 0.25) is 0 Å². The lowest BCUT2D eigenvalue weighted by Crippen LogP contribution is -2.50. The maximum absolute atomic E-state index is 13.2. The quantitative estimate of drug-likeness (QED) is 0.533. The van der Waals surface area contributed by atoms with Gasteiger partial charge in [0.05, 0.1) is 18.5 Å². The van der Waals surface area contributed by atoms with E-state index in [1.54, 1.807) is 7.11 Å². The third kappa shape index (κ3) is 3.61. The van der Waals surface area contributed by atoms with Gasteiger partial charge < -0.3 is 9.64 Å². The van der Waals surface area contributed by atoms with Crippen molar-refractivity contribution in [1.29, 1.82) is 0 Å². The van der Waals surface area contributed by atoms with Gasteiger partial charge in [0, 0.05) is 36.9 Å². The summed E-state index contributed by atoms with van der Waals surface area (Å²) in [6, 6.07) is 18.0. The van der Waals surface area contributed by atoms with Crippen molar-refractivity contribution in [2.45, 2.75) is 52.0 Å². The molecule has 0 N–H and O–H groups in total. The van der Waals surface area contributed by atoms with Crippen molar-refractivity contribution in [2.75, 3.05) is 18.6 Å². The Morgan fingerprint density at radius 2 is 1.62 bits per heavy atom. The van der Waals surface area contributed by atoms with Crippen LogP contribution in [0.1, 0.15) is 50.4 Å². The first-order valence-electron chi connectivity index (χ1n) is 11.9. The number of ether oxygens (including phenoxy) is 1. The Balaban J connectivity index is 1.70. The summed E-state index contributed by atoms with van der Waals surface area (Å²) < 4.78 is 7.32. The zero-order valence-electron chi connectivity index (χ0n) is 20.3. The molecule has 176 valence electrons. The summed E-state index contributed by atoms with van der Waals surface area (Å²) in [6.45, 7) is 7.36. The Morgan fingerprint density at radius 3 is 2.21 bits per heavy atom. The van der Waals surface area contributed by atoms with E-state index in [2.05, 4.69) is 25.7 Å². The molecule has 0 amide bonds. The smallest absolute Gasteiger partial charge is 0.148 e. The maximum atomic E-state index is 13.2. The van der Waals surface area contributed by atoms with Crippen LogP contribution in [0.3, 0.4) is 0 Å². The molecule has 6 heteroatoms. The third-order valence-corrected chi connectivity index (χ3v) is 7.09. The van der Waals surface area contributed by atoms with E-state index in [0.717, 1.165) is 34.1 Å². The van der Waals surface area contributed by atoms with Gasteiger partial charge in [-0.2, -0.15) is 5.10 Å². The van der Waals surface area contributed by atoms with Crippen molar-refractivity contribution in [3.63, 3.8) is 0 Å². The van der Waals surface area contributed by atoms with Gasteiger partial charge in [-0.05, 0) is 36.2 Å². The Hall–Kier alpha value is -3.41. The summed E-state index contributed by atoms with van der Waals surface area (Å²) in [4.78, 5) is 28.6. The molecule has 0 bridgehead atoms. The molecule has 2 aliphatic rings. The number of methoxy groups -OCH3 is 1. The lowest BCUT2D eigenvalue weighted by atomic mass is 9.73. The molecular weight excluding hydrogens is 426 g/mol. The molecule has 0 saturated heterocycles. The average Bonchev–Trinajstić information content (AvgIpc) is 3.34. The van der Waals surface area contributed by atoms with Gasteiger partial charge >= 0.3 is 0 Å². The molecule has 2 aromatic carbocycles. The summed E-state index contributed by atoms with van der Waals surface area (Å²) in [7, 11) is 1.65. The van der Waals surface area contributed by atoms with E-state index < -0.39 is 5.41 Å². The lowest BCUT2D eigenvalue weighted by molar-refractivity contribution is -0.134. The first-order chi connectivity index (χ1) is 16.2. The molecule has 6 nitrogen and oxygen atoms in total. The molecule has 0 unspecified atom stereocenters. The molecule has 1 fully saturated rings. The van der Waals surface area contributed by atoms with E-state index in [1.165, 1.54) is 0 Å². The molecule has 2 heterocycles. The number of hydrogen-bond acceptors (Lipinski definition) is 5. The van der Waals surface area contributed by atoms with Crippen molar-refractivity contribution in [1.82, 2.24) is 9.78 Å². The van der Waals surface area contributed by atoms with Crippen LogP contribution in [0.4, 0.5) is 5.82 Å². The standard InChI is InChI=1S/C28H31N3O3/c1-27(2,3)25-22-16-28(23(32)14-15-24(28)33)18-30(17-19-10-12-21(34-4)13-11-19)26(22)31(29-25)20-8-6-5-7-9-20/h5-13H,14-18H2,1-4H3. The van der Waals surface area contributed by atoms with E-state index in [1.807, 2.05) is 59.3 Å². The van der Waals surface area contributed by atoms with Crippen LogP contribution in [-0.2, 0) is 28.0 Å². The number of carbonyl (C=O) groups excluding carboxylic acids is 2. The van der Waals surface area contributed by atoms with E-state index >= 15 is 0 Å². The van der Waals surface area contributed by atoms with Gasteiger partial charge in [-0.1, -0.05) is 51.1 Å². The maximum Gasteiger partial charge on any atom is 0.148 e. The van der Waals surface area contributed by atoms with E-state index in [9.17, 15) is 9.59 Å². The zero-order valence-corrected chi connectivity index (χ0v) is 20.3. The topological polar surface area (TPSA) is 64.4 Å². The monoisotopic (exact) mass is 457 g/mol. The molecule has 5 rings (SSSR count). The average molecular weight is 458 g/mol. The van der Waals surface area contributed by atoms with E-state index in [-0.39, 0.29) is 17.0 Å². The van der Waals surface area contributed by atoms with E-state index in [0.29, 0.717) is 32.4 Å². The number of anilines is 1. The minimum Gasteiger partial charge on any atom is -0.497 e. The van der Waals surface area contributed by atoms with Gasteiger partial charge in [-0.15, -0.1) is 0 Å². The second-order valence-corrected chi connectivity index (χ2v) is 10.5. The number of ketones is 2. The van der Waals surface area contributed by atoms with Gasteiger partial charge in [0.15, 0.2) is 0 Å². The van der Waals surface area contributed by atoms with Crippen LogP contribution >= 0.6 is 0 Å². The highest BCUT2D eigenvalue weighted by Gasteiger charge is 2.54. The molecule has 3 aromatic rings. The molecule has 34 heavy (non-hydrogen) atoms. The number of fused-ring (bicyclic) bond motifs is 1. The Morgan fingerprint density at radius 1 is 0.971 bits per heavy atom.